The average molecular weight is 206 g/mol. The monoisotopic (exact) mass is 205 g/mol. The molecule has 0 aliphatic heterocycles. The molecule has 0 atom stereocenters. The van der Waals surface area contributed by atoms with Gasteiger partial charge in [0, 0.05) is 18.3 Å². The van der Waals surface area contributed by atoms with E-state index in [1.54, 1.807) is 0 Å². The lowest BCUT2D eigenvalue weighted by molar-refractivity contribution is -0.121. The molecule has 0 saturated heterocycles. The number of nitrogens with one attached hydrogen (secondary N) is 1. The number of halogens is 1. The predicted molar refractivity (Wildman–Crippen MR) is 57.1 cm³/mol. The van der Waals surface area contributed by atoms with Gasteiger partial charge in [-0.15, -0.1) is 11.6 Å². The number of amides is 1. The number of carbonyl (C=O) groups excluding carboxylic acids is 1. The highest BCUT2D eigenvalue weighted by atomic mass is 35.5. The van der Waals surface area contributed by atoms with E-state index in [1.807, 2.05) is 0 Å². The molecule has 3 heteroatoms. The van der Waals surface area contributed by atoms with Gasteiger partial charge in [0.1, 0.15) is 0 Å². The van der Waals surface area contributed by atoms with Crippen LogP contribution in [0, 0.1) is 0 Å². The molecule has 0 fully saturated rings. The predicted octanol–water partition coefficient (Wildman–Crippen LogP) is 2.70. The van der Waals surface area contributed by atoms with Crippen LogP contribution >= 0.6 is 11.6 Å². The minimum atomic E-state index is 0.166. The maximum absolute atomic E-state index is 11.3. The summed E-state index contributed by atoms with van der Waals surface area (Å²) in [5.74, 6) is 0.817. The van der Waals surface area contributed by atoms with Crippen LogP contribution in [-0.2, 0) is 4.79 Å². The van der Waals surface area contributed by atoms with Gasteiger partial charge in [-0.2, -0.15) is 0 Å². The van der Waals surface area contributed by atoms with Crippen molar-refractivity contribution in [2.45, 2.75) is 52.0 Å². The molecule has 0 unspecified atom stereocenters. The van der Waals surface area contributed by atoms with Crippen LogP contribution in [-0.4, -0.2) is 17.8 Å². The first-order valence-corrected chi connectivity index (χ1v) is 5.63. The van der Waals surface area contributed by atoms with E-state index in [4.69, 9.17) is 11.6 Å². The van der Waals surface area contributed by atoms with Gasteiger partial charge in [0.15, 0.2) is 0 Å². The van der Waals surface area contributed by atoms with Crippen molar-refractivity contribution in [2.24, 2.45) is 0 Å². The quantitative estimate of drug-likeness (QED) is 0.503. The average Bonchev–Trinajstić information content (AvgIpc) is 2.14. The van der Waals surface area contributed by atoms with Crippen molar-refractivity contribution in [1.82, 2.24) is 5.32 Å². The number of alkyl halides is 1. The first kappa shape index (κ1) is 12.8. The molecule has 0 radical (unpaired) electrons. The normalized spacial score (nSPS) is 10.5. The molecule has 0 aromatic rings. The highest BCUT2D eigenvalue weighted by molar-refractivity contribution is 6.17. The Morgan fingerprint density at radius 2 is 1.92 bits per heavy atom. The number of hydrogen-bond donors (Lipinski definition) is 1. The van der Waals surface area contributed by atoms with Crippen LogP contribution in [0.15, 0.2) is 0 Å². The molecule has 0 aromatic carbocycles. The van der Waals surface area contributed by atoms with E-state index < -0.39 is 0 Å². The molecule has 0 heterocycles. The summed E-state index contributed by atoms with van der Waals surface area (Å²) < 4.78 is 0. The van der Waals surface area contributed by atoms with Gasteiger partial charge >= 0.3 is 0 Å². The first-order chi connectivity index (χ1) is 6.24. The van der Waals surface area contributed by atoms with E-state index >= 15 is 0 Å². The molecule has 0 aliphatic rings. The van der Waals surface area contributed by atoms with Gasteiger partial charge in [0.05, 0.1) is 0 Å². The van der Waals surface area contributed by atoms with Crippen molar-refractivity contribution in [3.63, 3.8) is 0 Å². The maximum atomic E-state index is 11.3. The fourth-order valence-electron chi connectivity index (χ4n) is 1.17. The summed E-state index contributed by atoms with van der Waals surface area (Å²) in [6, 6.07) is 0.350. The van der Waals surface area contributed by atoms with E-state index in [2.05, 4.69) is 19.2 Å². The van der Waals surface area contributed by atoms with E-state index in [-0.39, 0.29) is 5.91 Å². The van der Waals surface area contributed by atoms with Gasteiger partial charge in [0.2, 0.25) is 5.91 Å². The zero-order chi connectivity index (χ0) is 10.1. The summed E-state index contributed by atoms with van der Waals surface area (Å²) in [6.07, 6.45) is 4.46. The summed E-state index contributed by atoms with van der Waals surface area (Å²) in [6.45, 7) is 4.18. The smallest absolute Gasteiger partial charge is 0.220 e. The lowest BCUT2D eigenvalue weighted by Gasteiger charge is -2.14. The van der Waals surface area contributed by atoms with Crippen molar-refractivity contribution in [3.8, 4) is 0 Å². The Balaban J connectivity index is 3.48. The number of rotatable bonds is 7. The summed E-state index contributed by atoms with van der Waals surface area (Å²) in [5, 5.41) is 2.99. The molecule has 1 N–H and O–H groups in total. The lowest BCUT2D eigenvalue weighted by atomic mass is 10.1. The molecule has 0 spiro atoms. The third-order valence-corrected chi connectivity index (χ3v) is 2.41. The number of unbranched alkanes of at least 4 members (excludes halogenated alkanes) is 1. The van der Waals surface area contributed by atoms with Crippen molar-refractivity contribution in [1.29, 1.82) is 0 Å². The molecule has 2 nitrogen and oxygen atoms in total. The SMILES string of the molecule is CCC(CC)NC(=O)CCCCCl. The summed E-state index contributed by atoms with van der Waals surface area (Å²) >= 11 is 5.51. The topological polar surface area (TPSA) is 29.1 Å². The van der Waals surface area contributed by atoms with Crippen LogP contribution in [0.2, 0.25) is 0 Å². The Morgan fingerprint density at radius 1 is 1.31 bits per heavy atom. The van der Waals surface area contributed by atoms with Crippen molar-refractivity contribution in [2.75, 3.05) is 5.88 Å². The largest absolute Gasteiger partial charge is 0.353 e. The minimum absolute atomic E-state index is 0.166. The van der Waals surface area contributed by atoms with Crippen LogP contribution < -0.4 is 5.32 Å². The van der Waals surface area contributed by atoms with Gasteiger partial charge in [0.25, 0.3) is 0 Å². The van der Waals surface area contributed by atoms with E-state index in [0.29, 0.717) is 18.3 Å². The molecule has 0 saturated carbocycles. The van der Waals surface area contributed by atoms with Crippen molar-refractivity contribution >= 4 is 17.5 Å². The van der Waals surface area contributed by atoms with Gasteiger partial charge in [-0.3, -0.25) is 4.79 Å². The molecular formula is C10H20ClNO. The second-order valence-electron chi connectivity index (χ2n) is 3.23. The van der Waals surface area contributed by atoms with Crippen molar-refractivity contribution in [3.05, 3.63) is 0 Å². The Kier molecular flexibility index (Phi) is 8.21. The summed E-state index contributed by atoms with van der Waals surface area (Å²) in [4.78, 5) is 11.3. The van der Waals surface area contributed by atoms with Gasteiger partial charge in [-0.25, -0.2) is 0 Å². The van der Waals surface area contributed by atoms with E-state index in [1.165, 1.54) is 0 Å². The fourth-order valence-corrected chi connectivity index (χ4v) is 1.36. The number of carbonyl (C=O) groups is 1. The van der Waals surface area contributed by atoms with E-state index in [9.17, 15) is 4.79 Å². The zero-order valence-electron chi connectivity index (χ0n) is 8.61. The second-order valence-corrected chi connectivity index (χ2v) is 3.60. The highest BCUT2D eigenvalue weighted by Gasteiger charge is 2.06. The Labute approximate surface area is 86.0 Å². The molecule has 78 valence electrons. The van der Waals surface area contributed by atoms with Crippen molar-refractivity contribution < 1.29 is 4.79 Å². The van der Waals surface area contributed by atoms with Crippen LogP contribution in [0.5, 0.6) is 0 Å². The highest BCUT2D eigenvalue weighted by Crippen LogP contribution is 2.00. The van der Waals surface area contributed by atoms with Gasteiger partial charge in [-0.1, -0.05) is 13.8 Å². The third kappa shape index (κ3) is 6.88. The van der Waals surface area contributed by atoms with Crippen LogP contribution in [0.4, 0.5) is 0 Å². The fraction of sp³-hybridized carbons (Fsp3) is 0.900. The molecular weight excluding hydrogens is 186 g/mol. The van der Waals surface area contributed by atoms with Crippen LogP contribution in [0.25, 0.3) is 0 Å². The van der Waals surface area contributed by atoms with E-state index in [0.717, 1.165) is 25.7 Å². The second kappa shape index (κ2) is 8.36. The van der Waals surface area contributed by atoms with Gasteiger partial charge < -0.3 is 5.32 Å². The maximum Gasteiger partial charge on any atom is 0.220 e. The van der Waals surface area contributed by atoms with Crippen LogP contribution in [0.1, 0.15) is 46.0 Å². The molecule has 1 amide bonds. The molecule has 0 rings (SSSR count). The third-order valence-electron chi connectivity index (χ3n) is 2.14. The molecule has 0 aromatic heterocycles. The summed E-state index contributed by atoms with van der Waals surface area (Å²) in [5.41, 5.74) is 0. The lowest BCUT2D eigenvalue weighted by Crippen LogP contribution is -2.33. The molecule has 0 aliphatic carbocycles. The van der Waals surface area contributed by atoms with Crippen LogP contribution in [0.3, 0.4) is 0 Å². The minimum Gasteiger partial charge on any atom is -0.353 e. The Morgan fingerprint density at radius 3 is 2.38 bits per heavy atom. The standard InChI is InChI=1S/C10H20ClNO/c1-3-9(4-2)12-10(13)7-5-6-8-11/h9H,3-8H2,1-2H3,(H,12,13). The Bertz CT molecular complexity index is 135. The molecule has 13 heavy (non-hydrogen) atoms. The summed E-state index contributed by atoms with van der Waals surface area (Å²) in [7, 11) is 0. The molecule has 0 bridgehead atoms. The zero-order valence-corrected chi connectivity index (χ0v) is 9.36. The number of hydrogen-bond acceptors (Lipinski definition) is 1. The van der Waals surface area contributed by atoms with Gasteiger partial charge in [-0.05, 0) is 25.7 Å². The Hall–Kier alpha value is -0.240. The first-order valence-electron chi connectivity index (χ1n) is 5.09.